The molecule has 180 valence electrons. The molecule has 1 aliphatic carbocycles. The van der Waals surface area contributed by atoms with Crippen LogP contribution in [-0.2, 0) is 11.2 Å². The van der Waals surface area contributed by atoms with E-state index in [-0.39, 0.29) is 6.10 Å². The Bertz CT molecular complexity index is 1250. The van der Waals surface area contributed by atoms with Gasteiger partial charge in [-0.15, -0.1) is 10.2 Å². The van der Waals surface area contributed by atoms with Crippen molar-refractivity contribution in [1.82, 2.24) is 40.6 Å². The molecule has 4 aromatic rings. The maximum atomic E-state index is 6.54. The first-order valence-electron chi connectivity index (χ1n) is 12.1. The summed E-state index contributed by atoms with van der Waals surface area (Å²) in [5.41, 5.74) is 3.56. The largest absolute Gasteiger partial charge is 0.488 e. The van der Waals surface area contributed by atoms with E-state index in [0.717, 1.165) is 92.3 Å². The minimum Gasteiger partial charge on any atom is -0.488 e. The van der Waals surface area contributed by atoms with Crippen LogP contribution in [0.5, 0.6) is 5.75 Å². The molecule has 35 heavy (non-hydrogen) atoms. The number of nitrogens with zero attached hydrogens (tertiary/aromatic N) is 8. The summed E-state index contributed by atoms with van der Waals surface area (Å²) in [6.07, 6.45) is 12.1. The Labute approximate surface area is 202 Å². The Kier molecular flexibility index (Phi) is 6.14. The number of hydrogen-bond acceptors (Lipinski definition) is 10. The molecule has 0 unspecified atom stereocenters. The zero-order valence-electron chi connectivity index (χ0n) is 19.4. The van der Waals surface area contributed by atoms with E-state index in [1.165, 1.54) is 0 Å². The van der Waals surface area contributed by atoms with Crippen LogP contribution in [-0.4, -0.2) is 73.0 Å². The molecule has 0 bridgehead atoms. The first-order chi connectivity index (χ1) is 17.3. The molecule has 1 saturated carbocycles. The number of aromatic nitrogens is 8. The highest BCUT2D eigenvalue weighted by Gasteiger charge is 2.25. The summed E-state index contributed by atoms with van der Waals surface area (Å²) in [6, 6.07) is 4.22. The third kappa shape index (κ3) is 4.90. The predicted molar refractivity (Wildman–Crippen MR) is 128 cm³/mol. The third-order valence-electron chi connectivity index (χ3n) is 6.77. The van der Waals surface area contributed by atoms with Crippen molar-refractivity contribution in [2.24, 2.45) is 5.92 Å². The molecule has 2 aliphatic rings. The van der Waals surface area contributed by atoms with Gasteiger partial charge in [-0.25, -0.2) is 15.0 Å². The molecular weight excluding hydrogens is 446 g/mol. The molecule has 3 aromatic heterocycles. The number of nitrogens with one attached hydrogen (secondary N) is 1. The molecule has 1 aromatic carbocycles. The van der Waals surface area contributed by atoms with Gasteiger partial charge in [0.25, 0.3) is 0 Å². The number of morpholine rings is 1. The van der Waals surface area contributed by atoms with Crippen LogP contribution in [0.25, 0.3) is 22.4 Å². The van der Waals surface area contributed by atoms with Crippen molar-refractivity contribution in [3.05, 3.63) is 42.7 Å². The Hall–Kier alpha value is -3.73. The van der Waals surface area contributed by atoms with Gasteiger partial charge in [0.1, 0.15) is 17.1 Å². The van der Waals surface area contributed by atoms with Gasteiger partial charge in [-0.2, -0.15) is 5.21 Å². The van der Waals surface area contributed by atoms with E-state index in [1.807, 2.05) is 0 Å². The van der Waals surface area contributed by atoms with Gasteiger partial charge in [0.05, 0.1) is 30.4 Å². The molecule has 0 atom stereocenters. The summed E-state index contributed by atoms with van der Waals surface area (Å²) in [6.45, 7) is 3.22. The smallest absolute Gasteiger partial charge is 0.207 e. The molecule has 1 N–H and O–H groups in total. The zero-order chi connectivity index (χ0) is 23.5. The SMILES string of the molecule is c1cnc2c(OC3CCC(Cc4ncc(-c5nn[nH]n5)cn4)CC3)cc(N3CCOCC3)cc2n1. The van der Waals surface area contributed by atoms with E-state index in [9.17, 15) is 0 Å². The maximum absolute atomic E-state index is 6.54. The highest BCUT2D eigenvalue weighted by Crippen LogP contribution is 2.34. The minimum atomic E-state index is 0.165. The van der Waals surface area contributed by atoms with Crippen molar-refractivity contribution < 1.29 is 9.47 Å². The van der Waals surface area contributed by atoms with Crippen LogP contribution in [0.15, 0.2) is 36.9 Å². The Morgan fingerprint density at radius 3 is 2.54 bits per heavy atom. The lowest BCUT2D eigenvalue weighted by atomic mass is 9.85. The molecule has 0 amide bonds. The van der Waals surface area contributed by atoms with Crippen LogP contribution in [0, 0.1) is 5.92 Å². The average Bonchev–Trinajstić information content (AvgIpc) is 3.46. The fourth-order valence-corrected chi connectivity index (χ4v) is 4.87. The number of ether oxygens (including phenoxy) is 2. The number of hydrogen-bond donors (Lipinski definition) is 1. The van der Waals surface area contributed by atoms with E-state index in [4.69, 9.17) is 9.47 Å². The van der Waals surface area contributed by atoms with Gasteiger partial charge in [-0.1, -0.05) is 0 Å². The van der Waals surface area contributed by atoms with Gasteiger partial charge in [-0.05, 0) is 42.9 Å². The zero-order valence-corrected chi connectivity index (χ0v) is 19.4. The first-order valence-corrected chi connectivity index (χ1v) is 12.1. The van der Waals surface area contributed by atoms with Crippen LogP contribution < -0.4 is 9.64 Å². The van der Waals surface area contributed by atoms with E-state index in [1.54, 1.807) is 24.8 Å². The first kappa shape index (κ1) is 21.8. The quantitative estimate of drug-likeness (QED) is 0.446. The number of aromatic amines is 1. The molecule has 11 nitrogen and oxygen atoms in total. The fourth-order valence-electron chi connectivity index (χ4n) is 4.87. The second kappa shape index (κ2) is 9.87. The number of anilines is 1. The second-order valence-corrected chi connectivity index (χ2v) is 9.06. The highest BCUT2D eigenvalue weighted by molar-refractivity contribution is 5.85. The molecule has 2 fully saturated rings. The molecule has 11 heteroatoms. The number of benzene rings is 1. The van der Waals surface area contributed by atoms with Crippen LogP contribution >= 0.6 is 0 Å². The topological polar surface area (TPSA) is 128 Å². The van der Waals surface area contributed by atoms with Gasteiger partial charge in [0.2, 0.25) is 5.82 Å². The van der Waals surface area contributed by atoms with Crippen LogP contribution in [0.3, 0.4) is 0 Å². The summed E-state index contributed by atoms with van der Waals surface area (Å²) < 4.78 is 12.1. The Morgan fingerprint density at radius 1 is 0.971 bits per heavy atom. The van der Waals surface area contributed by atoms with Crippen molar-refractivity contribution in [3.63, 3.8) is 0 Å². The molecule has 1 saturated heterocycles. The summed E-state index contributed by atoms with van der Waals surface area (Å²) in [7, 11) is 0. The molecule has 0 spiro atoms. The standard InChI is InChI=1S/C24H27N9O2/c1-3-19(4-2-16(1)11-22-27-14-17(15-28-22)24-29-31-32-30-24)35-21-13-18(33-7-9-34-10-8-33)12-20-23(21)26-6-5-25-20/h5-6,12-16,19H,1-4,7-11H2,(H,29,30,31,32). The van der Waals surface area contributed by atoms with Crippen molar-refractivity contribution in [1.29, 1.82) is 0 Å². The van der Waals surface area contributed by atoms with Crippen molar-refractivity contribution in [3.8, 4) is 17.1 Å². The second-order valence-electron chi connectivity index (χ2n) is 9.06. The van der Waals surface area contributed by atoms with Crippen LogP contribution in [0.1, 0.15) is 31.5 Å². The van der Waals surface area contributed by atoms with Crippen molar-refractivity contribution in [2.75, 3.05) is 31.2 Å². The lowest BCUT2D eigenvalue weighted by Gasteiger charge is -2.31. The predicted octanol–water partition coefficient (Wildman–Crippen LogP) is 2.62. The van der Waals surface area contributed by atoms with Crippen molar-refractivity contribution in [2.45, 2.75) is 38.2 Å². The normalized spacial score (nSPS) is 20.7. The number of H-pyrrole nitrogens is 1. The van der Waals surface area contributed by atoms with Gasteiger partial charge in [-0.3, -0.25) is 4.98 Å². The number of tetrazole rings is 1. The van der Waals surface area contributed by atoms with E-state index < -0.39 is 0 Å². The van der Waals surface area contributed by atoms with Crippen LogP contribution in [0.4, 0.5) is 5.69 Å². The highest BCUT2D eigenvalue weighted by atomic mass is 16.5. The minimum absolute atomic E-state index is 0.165. The Balaban J connectivity index is 1.10. The van der Waals surface area contributed by atoms with Gasteiger partial charge < -0.3 is 14.4 Å². The molecule has 6 rings (SSSR count). The molecule has 4 heterocycles. The summed E-state index contributed by atoms with van der Waals surface area (Å²) in [5, 5.41) is 14.0. The lowest BCUT2D eigenvalue weighted by Crippen LogP contribution is -2.36. The van der Waals surface area contributed by atoms with E-state index in [2.05, 4.69) is 57.6 Å². The Morgan fingerprint density at radius 2 is 1.77 bits per heavy atom. The summed E-state index contributed by atoms with van der Waals surface area (Å²) >= 11 is 0. The van der Waals surface area contributed by atoms with Crippen LogP contribution in [0.2, 0.25) is 0 Å². The molecule has 1 aliphatic heterocycles. The maximum Gasteiger partial charge on any atom is 0.207 e. The fraction of sp³-hybridized carbons (Fsp3) is 0.458. The van der Waals surface area contributed by atoms with Gasteiger partial charge in [0, 0.05) is 56.1 Å². The average molecular weight is 474 g/mol. The number of rotatable bonds is 6. The van der Waals surface area contributed by atoms with Gasteiger partial charge >= 0.3 is 0 Å². The third-order valence-corrected chi connectivity index (χ3v) is 6.77. The molecular formula is C24H27N9O2. The molecule has 0 radical (unpaired) electrons. The summed E-state index contributed by atoms with van der Waals surface area (Å²) in [4.78, 5) is 20.5. The van der Waals surface area contributed by atoms with Gasteiger partial charge in [0.15, 0.2) is 0 Å². The van der Waals surface area contributed by atoms with E-state index in [0.29, 0.717) is 11.7 Å². The van der Waals surface area contributed by atoms with Crippen molar-refractivity contribution >= 4 is 16.7 Å². The van der Waals surface area contributed by atoms with E-state index >= 15 is 0 Å². The monoisotopic (exact) mass is 473 g/mol. The number of fused-ring (bicyclic) bond motifs is 1. The lowest BCUT2D eigenvalue weighted by molar-refractivity contribution is 0.122. The summed E-state index contributed by atoms with van der Waals surface area (Å²) in [5.74, 6) is 2.72.